The first-order chi connectivity index (χ1) is 11.0. The minimum absolute atomic E-state index is 0.0351. The molecule has 122 valence electrons. The van der Waals surface area contributed by atoms with Crippen LogP contribution < -0.4 is 5.32 Å². The lowest BCUT2D eigenvalue weighted by molar-refractivity contribution is -0.116. The topological polar surface area (TPSA) is 32.3 Å². The van der Waals surface area contributed by atoms with Crippen LogP contribution >= 0.6 is 11.6 Å². The van der Waals surface area contributed by atoms with E-state index < -0.39 is 0 Å². The standard InChI is InChI=1S/C19H23ClN2O/c1-15(2)22(14-16-7-6-8-17(20)13-16)12-11-19(23)21-18-9-4-3-5-10-18/h3-10,13,15H,11-12,14H2,1-2H3,(H,21,23). The maximum atomic E-state index is 12.1. The number of carbonyl (C=O) groups is 1. The Morgan fingerprint density at radius 2 is 1.87 bits per heavy atom. The van der Waals surface area contributed by atoms with Crippen molar-refractivity contribution in [3.05, 3.63) is 65.2 Å². The van der Waals surface area contributed by atoms with Crippen LogP contribution in [0.4, 0.5) is 5.69 Å². The van der Waals surface area contributed by atoms with E-state index in [1.807, 2.05) is 48.5 Å². The lowest BCUT2D eigenvalue weighted by Gasteiger charge is -2.26. The minimum atomic E-state index is 0.0351. The number of carbonyl (C=O) groups excluding carboxylic acids is 1. The number of nitrogens with one attached hydrogen (secondary N) is 1. The number of hydrogen-bond acceptors (Lipinski definition) is 2. The summed E-state index contributed by atoms with van der Waals surface area (Å²) in [6.45, 7) is 5.78. The normalized spacial score (nSPS) is 11.0. The highest BCUT2D eigenvalue weighted by molar-refractivity contribution is 6.30. The van der Waals surface area contributed by atoms with Gasteiger partial charge in [0.25, 0.3) is 0 Å². The molecule has 1 N–H and O–H groups in total. The molecule has 0 spiro atoms. The summed E-state index contributed by atoms with van der Waals surface area (Å²) in [5.74, 6) is 0.0351. The van der Waals surface area contributed by atoms with E-state index in [0.717, 1.165) is 22.8 Å². The number of para-hydroxylation sites is 1. The lowest BCUT2D eigenvalue weighted by Crippen LogP contribution is -2.33. The Morgan fingerprint density at radius 3 is 2.52 bits per heavy atom. The number of hydrogen-bond donors (Lipinski definition) is 1. The van der Waals surface area contributed by atoms with Crippen molar-refractivity contribution in [2.45, 2.75) is 32.9 Å². The van der Waals surface area contributed by atoms with Gasteiger partial charge in [0.05, 0.1) is 0 Å². The summed E-state index contributed by atoms with van der Waals surface area (Å²) in [5.41, 5.74) is 2.00. The molecule has 0 aromatic heterocycles. The van der Waals surface area contributed by atoms with Crippen molar-refractivity contribution in [3.8, 4) is 0 Å². The van der Waals surface area contributed by atoms with E-state index >= 15 is 0 Å². The van der Waals surface area contributed by atoms with Crippen molar-refractivity contribution in [3.63, 3.8) is 0 Å². The van der Waals surface area contributed by atoms with Crippen LogP contribution in [-0.2, 0) is 11.3 Å². The molecule has 1 amide bonds. The zero-order valence-corrected chi connectivity index (χ0v) is 14.4. The maximum absolute atomic E-state index is 12.1. The van der Waals surface area contributed by atoms with Gasteiger partial charge >= 0.3 is 0 Å². The van der Waals surface area contributed by atoms with Gasteiger partial charge < -0.3 is 5.32 Å². The Morgan fingerprint density at radius 1 is 1.13 bits per heavy atom. The van der Waals surface area contributed by atoms with E-state index in [-0.39, 0.29) is 5.91 Å². The molecule has 2 aromatic carbocycles. The summed E-state index contributed by atoms with van der Waals surface area (Å²) in [6.07, 6.45) is 0.466. The summed E-state index contributed by atoms with van der Waals surface area (Å²) < 4.78 is 0. The molecule has 0 aliphatic carbocycles. The molecular weight excluding hydrogens is 308 g/mol. The van der Waals surface area contributed by atoms with Gasteiger partial charge in [0.1, 0.15) is 0 Å². The van der Waals surface area contributed by atoms with Crippen LogP contribution in [0.3, 0.4) is 0 Å². The first-order valence-electron chi connectivity index (χ1n) is 7.88. The Labute approximate surface area is 143 Å². The van der Waals surface area contributed by atoms with Gasteiger partial charge in [-0.1, -0.05) is 41.9 Å². The van der Waals surface area contributed by atoms with E-state index in [1.165, 1.54) is 0 Å². The summed E-state index contributed by atoms with van der Waals surface area (Å²) in [7, 11) is 0. The predicted octanol–water partition coefficient (Wildman–Crippen LogP) is 4.58. The second kappa shape index (κ2) is 8.70. The number of anilines is 1. The Kier molecular flexibility index (Phi) is 6.63. The van der Waals surface area contributed by atoms with Gasteiger partial charge in [-0.15, -0.1) is 0 Å². The van der Waals surface area contributed by atoms with Gasteiger partial charge in [0.2, 0.25) is 5.91 Å². The van der Waals surface area contributed by atoms with Gasteiger partial charge in [-0.25, -0.2) is 0 Å². The average molecular weight is 331 g/mol. The third kappa shape index (κ3) is 6.05. The van der Waals surface area contributed by atoms with Gasteiger partial charge in [0, 0.05) is 36.3 Å². The van der Waals surface area contributed by atoms with E-state index in [4.69, 9.17) is 11.6 Å². The molecule has 2 rings (SSSR count). The van der Waals surface area contributed by atoms with Crippen molar-refractivity contribution in [2.75, 3.05) is 11.9 Å². The summed E-state index contributed by atoms with van der Waals surface area (Å²) in [6, 6.07) is 17.8. The average Bonchev–Trinajstić information content (AvgIpc) is 2.52. The molecule has 0 aliphatic heterocycles. The predicted molar refractivity (Wildman–Crippen MR) is 96.7 cm³/mol. The lowest BCUT2D eigenvalue weighted by atomic mass is 10.1. The fourth-order valence-electron chi connectivity index (χ4n) is 2.38. The number of rotatable bonds is 7. The molecule has 4 heteroatoms. The molecule has 0 heterocycles. The van der Waals surface area contributed by atoms with E-state index in [2.05, 4.69) is 30.1 Å². The largest absolute Gasteiger partial charge is 0.326 e. The Hall–Kier alpha value is -1.84. The van der Waals surface area contributed by atoms with E-state index in [1.54, 1.807) is 0 Å². The van der Waals surface area contributed by atoms with Crippen LogP contribution in [-0.4, -0.2) is 23.4 Å². The van der Waals surface area contributed by atoms with Crippen LogP contribution in [0, 0.1) is 0 Å². The third-order valence-electron chi connectivity index (χ3n) is 3.69. The monoisotopic (exact) mass is 330 g/mol. The highest BCUT2D eigenvalue weighted by Crippen LogP contribution is 2.14. The number of amides is 1. The van der Waals surface area contributed by atoms with Crippen molar-refractivity contribution in [1.82, 2.24) is 4.90 Å². The zero-order chi connectivity index (χ0) is 16.7. The molecule has 0 saturated carbocycles. The van der Waals surface area contributed by atoms with Gasteiger partial charge in [-0.2, -0.15) is 0 Å². The highest BCUT2D eigenvalue weighted by atomic mass is 35.5. The van der Waals surface area contributed by atoms with E-state index in [9.17, 15) is 4.79 Å². The second-order valence-corrected chi connectivity index (χ2v) is 6.29. The summed E-state index contributed by atoms with van der Waals surface area (Å²) >= 11 is 6.04. The van der Waals surface area contributed by atoms with Crippen molar-refractivity contribution >= 4 is 23.2 Å². The number of halogens is 1. The summed E-state index contributed by atoms with van der Waals surface area (Å²) in [5, 5.41) is 3.67. The second-order valence-electron chi connectivity index (χ2n) is 5.86. The summed E-state index contributed by atoms with van der Waals surface area (Å²) in [4.78, 5) is 14.4. The highest BCUT2D eigenvalue weighted by Gasteiger charge is 2.12. The van der Waals surface area contributed by atoms with Crippen LogP contribution in [0.5, 0.6) is 0 Å². The third-order valence-corrected chi connectivity index (χ3v) is 3.92. The maximum Gasteiger partial charge on any atom is 0.225 e. The molecule has 23 heavy (non-hydrogen) atoms. The molecule has 2 aromatic rings. The van der Waals surface area contributed by atoms with Gasteiger partial charge in [0.15, 0.2) is 0 Å². The first kappa shape index (κ1) is 17.5. The number of nitrogens with zero attached hydrogens (tertiary/aromatic N) is 1. The molecular formula is C19H23ClN2O. The van der Waals surface area contributed by atoms with E-state index in [0.29, 0.717) is 19.0 Å². The fraction of sp³-hybridized carbons (Fsp3) is 0.316. The SMILES string of the molecule is CC(C)N(CCC(=O)Nc1ccccc1)Cc1cccc(Cl)c1. The molecule has 0 bridgehead atoms. The molecule has 0 atom stereocenters. The van der Waals surface area contributed by atoms with Crippen LogP contribution in [0.2, 0.25) is 5.02 Å². The minimum Gasteiger partial charge on any atom is -0.326 e. The molecule has 0 saturated heterocycles. The van der Waals surface area contributed by atoms with Crippen LogP contribution in [0.1, 0.15) is 25.8 Å². The van der Waals surface area contributed by atoms with Crippen LogP contribution in [0.15, 0.2) is 54.6 Å². The molecule has 0 radical (unpaired) electrons. The van der Waals surface area contributed by atoms with Crippen molar-refractivity contribution in [1.29, 1.82) is 0 Å². The molecule has 0 aliphatic rings. The Balaban J connectivity index is 1.88. The molecule has 3 nitrogen and oxygen atoms in total. The van der Waals surface area contributed by atoms with Gasteiger partial charge in [-0.3, -0.25) is 9.69 Å². The quantitative estimate of drug-likeness (QED) is 0.806. The van der Waals surface area contributed by atoms with Crippen molar-refractivity contribution in [2.24, 2.45) is 0 Å². The fourth-order valence-corrected chi connectivity index (χ4v) is 2.59. The van der Waals surface area contributed by atoms with Gasteiger partial charge in [-0.05, 0) is 43.7 Å². The smallest absolute Gasteiger partial charge is 0.225 e. The number of benzene rings is 2. The Bertz CT molecular complexity index is 628. The molecule has 0 unspecified atom stereocenters. The van der Waals surface area contributed by atoms with Crippen LogP contribution in [0.25, 0.3) is 0 Å². The molecule has 0 fully saturated rings. The zero-order valence-electron chi connectivity index (χ0n) is 13.6. The first-order valence-corrected chi connectivity index (χ1v) is 8.26. The van der Waals surface area contributed by atoms with Crippen molar-refractivity contribution < 1.29 is 4.79 Å².